The van der Waals surface area contributed by atoms with E-state index >= 15 is 0 Å². The van der Waals surface area contributed by atoms with E-state index in [1.165, 1.54) is 6.20 Å². The number of H-pyrrole nitrogens is 1. The monoisotopic (exact) mass is 330 g/mol. The number of phenolic OH excluding ortho intramolecular Hbond substituents is 1. The van der Waals surface area contributed by atoms with Crippen LogP contribution < -0.4 is 11.3 Å². The molecule has 6 nitrogen and oxygen atoms in total. The molecule has 4 N–H and O–H groups in total. The first-order chi connectivity index (χ1) is 12.1. The number of benzene rings is 2. The molecule has 0 spiro atoms. The Morgan fingerprint density at radius 2 is 1.68 bits per heavy atom. The van der Waals surface area contributed by atoms with E-state index in [2.05, 4.69) is 15.0 Å². The Labute approximate surface area is 142 Å². The number of aromatic hydroxyl groups is 1. The minimum absolute atomic E-state index is 0.0383. The number of nitrogen functional groups attached to an aromatic ring is 1. The molecule has 0 saturated carbocycles. The third-order valence-electron chi connectivity index (χ3n) is 4.01. The van der Waals surface area contributed by atoms with Gasteiger partial charge in [-0.1, -0.05) is 42.5 Å². The number of hydrogen-bond acceptors (Lipinski definition) is 5. The number of aromatic nitrogens is 3. The molecule has 0 bridgehead atoms. The van der Waals surface area contributed by atoms with E-state index in [1.54, 1.807) is 18.2 Å². The summed E-state index contributed by atoms with van der Waals surface area (Å²) in [5.74, 6) is 0.0777. The maximum Gasteiger partial charge on any atom is 0.259 e. The second kappa shape index (κ2) is 5.76. The molecule has 6 heteroatoms. The largest absolute Gasteiger partial charge is 0.507 e. The van der Waals surface area contributed by atoms with E-state index in [0.29, 0.717) is 22.3 Å². The van der Waals surface area contributed by atoms with Crippen LogP contribution in [0.15, 0.2) is 65.6 Å². The van der Waals surface area contributed by atoms with Crippen molar-refractivity contribution in [1.82, 2.24) is 15.0 Å². The number of hydrogen-bond donors (Lipinski definition) is 3. The summed E-state index contributed by atoms with van der Waals surface area (Å²) >= 11 is 0. The summed E-state index contributed by atoms with van der Waals surface area (Å²) < 4.78 is 0. The summed E-state index contributed by atoms with van der Waals surface area (Å²) in [4.78, 5) is 23.2. The molecule has 0 unspecified atom stereocenters. The zero-order valence-electron chi connectivity index (χ0n) is 13.1. The molecule has 4 rings (SSSR count). The average molecular weight is 330 g/mol. The maximum absolute atomic E-state index is 12.3. The lowest BCUT2D eigenvalue weighted by molar-refractivity contribution is 0.479. The van der Waals surface area contributed by atoms with Gasteiger partial charge in [-0.3, -0.25) is 4.79 Å². The van der Waals surface area contributed by atoms with Gasteiger partial charge in [0.25, 0.3) is 5.56 Å². The molecule has 25 heavy (non-hydrogen) atoms. The van der Waals surface area contributed by atoms with Gasteiger partial charge in [0.1, 0.15) is 5.75 Å². The molecule has 2 aromatic carbocycles. The molecule has 0 fully saturated rings. The number of pyridine rings is 1. The van der Waals surface area contributed by atoms with E-state index in [4.69, 9.17) is 5.73 Å². The highest BCUT2D eigenvalue weighted by molar-refractivity contribution is 5.95. The van der Waals surface area contributed by atoms with Gasteiger partial charge in [0.2, 0.25) is 5.95 Å². The molecule has 122 valence electrons. The number of aromatic amines is 1. The van der Waals surface area contributed by atoms with Crippen LogP contribution >= 0.6 is 0 Å². The normalized spacial score (nSPS) is 10.9. The van der Waals surface area contributed by atoms with Crippen LogP contribution in [0.3, 0.4) is 0 Å². The van der Waals surface area contributed by atoms with Crippen LogP contribution in [0, 0.1) is 0 Å². The van der Waals surface area contributed by atoms with Crippen molar-refractivity contribution in [2.75, 3.05) is 5.73 Å². The molecule has 0 aliphatic carbocycles. The number of nitrogens with zero attached hydrogens (tertiary/aromatic N) is 2. The number of para-hydroxylation sites is 1. The first-order valence-corrected chi connectivity index (χ1v) is 7.68. The van der Waals surface area contributed by atoms with Gasteiger partial charge >= 0.3 is 0 Å². The lowest BCUT2D eigenvalue weighted by atomic mass is 9.98. The average Bonchev–Trinajstić information content (AvgIpc) is 2.62. The van der Waals surface area contributed by atoms with Crippen LogP contribution in [0.4, 0.5) is 5.95 Å². The van der Waals surface area contributed by atoms with Crippen molar-refractivity contribution < 1.29 is 5.11 Å². The van der Waals surface area contributed by atoms with Crippen molar-refractivity contribution in [3.63, 3.8) is 0 Å². The SMILES string of the molecule is Nc1nc(-c2cccc(-c3ccccc3)c2O)c2c(=O)[nH]ccc2n1. The number of nitrogens with one attached hydrogen (secondary N) is 1. The van der Waals surface area contributed by atoms with E-state index < -0.39 is 0 Å². The molecule has 2 aromatic heterocycles. The fraction of sp³-hybridized carbons (Fsp3) is 0. The third-order valence-corrected chi connectivity index (χ3v) is 4.01. The Morgan fingerprint density at radius 1 is 0.920 bits per heavy atom. The highest BCUT2D eigenvalue weighted by atomic mass is 16.3. The molecule has 0 aliphatic rings. The summed E-state index contributed by atoms with van der Waals surface area (Å²) in [6.07, 6.45) is 1.50. The van der Waals surface area contributed by atoms with Crippen LogP contribution in [-0.4, -0.2) is 20.1 Å². The summed E-state index contributed by atoms with van der Waals surface area (Å²) in [5.41, 5.74) is 8.13. The molecule has 0 saturated heterocycles. The Balaban J connectivity index is 2.04. The first-order valence-electron chi connectivity index (χ1n) is 7.68. The topological polar surface area (TPSA) is 105 Å². The fourth-order valence-corrected chi connectivity index (χ4v) is 2.89. The lowest BCUT2D eigenvalue weighted by Gasteiger charge is -2.11. The van der Waals surface area contributed by atoms with Crippen LogP contribution in [0.25, 0.3) is 33.3 Å². The highest BCUT2D eigenvalue weighted by Gasteiger charge is 2.17. The van der Waals surface area contributed by atoms with Gasteiger partial charge in [0, 0.05) is 17.3 Å². The van der Waals surface area contributed by atoms with Crippen molar-refractivity contribution in [2.45, 2.75) is 0 Å². The molecule has 0 amide bonds. The van der Waals surface area contributed by atoms with Crippen molar-refractivity contribution >= 4 is 16.9 Å². The lowest BCUT2D eigenvalue weighted by Crippen LogP contribution is -2.10. The van der Waals surface area contributed by atoms with Gasteiger partial charge < -0.3 is 15.8 Å². The van der Waals surface area contributed by atoms with Crippen molar-refractivity contribution in [3.05, 3.63) is 71.1 Å². The van der Waals surface area contributed by atoms with Gasteiger partial charge in [-0.25, -0.2) is 9.97 Å². The van der Waals surface area contributed by atoms with Crippen LogP contribution in [0.2, 0.25) is 0 Å². The maximum atomic E-state index is 12.3. The minimum atomic E-state index is -0.336. The van der Waals surface area contributed by atoms with Crippen LogP contribution in [-0.2, 0) is 0 Å². The summed E-state index contributed by atoms with van der Waals surface area (Å²) in [6.45, 7) is 0. The second-order valence-electron chi connectivity index (χ2n) is 5.57. The van der Waals surface area contributed by atoms with E-state index in [-0.39, 0.29) is 22.6 Å². The quantitative estimate of drug-likeness (QED) is 0.524. The highest BCUT2D eigenvalue weighted by Crippen LogP contribution is 2.38. The van der Waals surface area contributed by atoms with Gasteiger partial charge in [0.05, 0.1) is 16.6 Å². The summed E-state index contributed by atoms with van der Waals surface area (Å²) in [7, 11) is 0. The predicted molar refractivity (Wildman–Crippen MR) is 97.1 cm³/mol. The molecular weight excluding hydrogens is 316 g/mol. The van der Waals surface area contributed by atoms with Crippen molar-refractivity contribution in [2.24, 2.45) is 0 Å². The third kappa shape index (κ3) is 2.49. The number of phenols is 1. The van der Waals surface area contributed by atoms with Gasteiger partial charge in [-0.2, -0.15) is 0 Å². The number of anilines is 1. The Bertz CT molecular complexity index is 1140. The Hall–Kier alpha value is -3.67. The zero-order chi connectivity index (χ0) is 17.4. The van der Waals surface area contributed by atoms with E-state index in [1.807, 2.05) is 36.4 Å². The number of nitrogens with two attached hydrogens (primary N) is 1. The van der Waals surface area contributed by atoms with E-state index in [0.717, 1.165) is 5.56 Å². The van der Waals surface area contributed by atoms with Crippen LogP contribution in [0.1, 0.15) is 0 Å². The Morgan fingerprint density at radius 3 is 2.48 bits per heavy atom. The van der Waals surface area contributed by atoms with Crippen LogP contribution in [0.5, 0.6) is 5.75 Å². The van der Waals surface area contributed by atoms with E-state index in [9.17, 15) is 9.90 Å². The van der Waals surface area contributed by atoms with Gasteiger partial charge in [-0.15, -0.1) is 0 Å². The first kappa shape index (κ1) is 14.9. The molecule has 4 aromatic rings. The Kier molecular flexibility index (Phi) is 3.43. The molecule has 0 atom stereocenters. The number of rotatable bonds is 2. The van der Waals surface area contributed by atoms with Crippen molar-refractivity contribution in [1.29, 1.82) is 0 Å². The zero-order valence-corrected chi connectivity index (χ0v) is 13.1. The number of fused-ring (bicyclic) bond motifs is 1. The minimum Gasteiger partial charge on any atom is -0.507 e. The smallest absolute Gasteiger partial charge is 0.259 e. The summed E-state index contributed by atoms with van der Waals surface area (Å²) in [5, 5.41) is 11.1. The molecule has 0 radical (unpaired) electrons. The molecule has 0 aliphatic heterocycles. The molecular formula is C19H14N4O2. The predicted octanol–water partition coefficient (Wildman–Crippen LogP) is 2.94. The second-order valence-corrected chi connectivity index (χ2v) is 5.57. The fourth-order valence-electron chi connectivity index (χ4n) is 2.89. The van der Waals surface area contributed by atoms with Gasteiger partial charge in [0.15, 0.2) is 0 Å². The van der Waals surface area contributed by atoms with Crippen molar-refractivity contribution in [3.8, 4) is 28.1 Å². The standard InChI is InChI=1S/C19H14N4O2/c20-19-22-14-9-10-21-18(25)15(14)16(23-19)13-8-4-7-12(17(13)24)11-5-2-1-3-6-11/h1-10,24H,(H,21,25)(H2,20,22,23). The molecule has 2 heterocycles. The summed E-state index contributed by atoms with van der Waals surface area (Å²) in [6, 6.07) is 16.5. The van der Waals surface area contributed by atoms with Gasteiger partial charge in [-0.05, 0) is 17.7 Å².